The summed E-state index contributed by atoms with van der Waals surface area (Å²) in [5, 5.41) is 0.551. The van der Waals surface area contributed by atoms with Crippen LogP contribution in [-0.2, 0) is 0 Å². The maximum absolute atomic E-state index is 12.7. The second kappa shape index (κ2) is 6.07. The van der Waals surface area contributed by atoms with Gasteiger partial charge in [-0.3, -0.25) is 9.59 Å². The molecule has 0 radical (unpaired) electrons. The number of carbonyl (C=O) groups excluding carboxylic acids is 2. The van der Waals surface area contributed by atoms with Crippen molar-refractivity contribution < 1.29 is 9.59 Å². The quantitative estimate of drug-likeness (QED) is 0.483. The third-order valence-corrected chi connectivity index (χ3v) is 6.28. The number of hydrogen-bond donors (Lipinski definition) is 0. The predicted molar refractivity (Wildman–Crippen MR) is 110 cm³/mol. The summed E-state index contributed by atoms with van der Waals surface area (Å²) in [4.78, 5) is 27.6. The Kier molecular flexibility index (Phi) is 4.04. The lowest BCUT2D eigenvalue weighted by Gasteiger charge is -2.45. The number of fused-ring (bicyclic) bond motifs is 2. The van der Waals surface area contributed by atoms with Crippen LogP contribution in [0, 0.1) is 0 Å². The predicted octanol–water partition coefficient (Wildman–Crippen LogP) is 5.52. The Hall–Kier alpha value is -2.39. The van der Waals surface area contributed by atoms with Crippen LogP contribution in [0.2, 0.25) is 5.02 Å². The molecule has 0 N–H and O–H groups in total. The zero-order valence-electron chi connectivity index (χ0n) is 16.0. The van der Waals surface area contributed by atoms with Crippen LogP contribution in [0.3, 0.4) is 0 Å². The minimum absolute atomic E-state index is 0.0504. The van der Waals surface area contributed by atoms with Crippen molar-refractivity contribution in [1.29, 1.82) is 0 Å². The number of carbonyl (C=O) groups is 2. The van der Waals surface area contributed by atoms with E-state index in [2.05, 4.69) is 32.7 Å². The van der Waals surface area contributed by atoms with E-state index >= 15 is 0 Å². The van der Waals surface area contributed by atoms with E-state index in [1.54, 1.807) is 30.3 Å². The van der Waals surface area contributed by atoms with E-state index in [0.717, 1.165) is 17.7 Å². The molecular formula is C23H22ClNO2. The van der Waals surface area contributed by atoms with Gasteiger partial charge in [-0.05, 0) is 55.5 Å². The van der Waals surface area contributed by atoms with Gasteiger partial charge in [0.15, 0.2) is 11.6 Å². The maximum Gasteiger partial charge on any atom is 0.197 e. The van der Waals surface area contributed by atoms with E-state index in [1.807, 2.05) is 12.1 Å². The molecule has 0 saturated heterocycles. The van der Waals surface area contributed by atoms with Gasteiger partial charge in [0, 0.05) is 34.4 Å². The van der Waals surface area contributed by atoms with Crippen LogP contribution >= 0.6 is 11.6 Å². The highest BCUT2D eigenvalue weighted by Crippen LogP contribution is 2.44. The van der Waals surface area contributed by atoms with Gasteiger partial charge in [0.2, 0.25) is 0 Å². The van der Waals surface area contributed by atoms with Gasteiger partial charge in [-0.1, -0.05) is 42.8 Å². The zero-order chi connectivity index (χ0) is 19.5. The molecule has 0 unspecified atom stereocenters. The van der Waals surface area contributed by atoms with Gasteiger partial charge in [0.05, 0.1) is 5.57 Å². The van der Waals surface area contributed by atoms with Crippen LogP contribution in [0.1, 0.15) is 65.0 Å². The van der Waals surface area contributed by atoms with Gasteiger partial charge in [-0.2, -0.15) is 0 Å². The fraction of sp³-hybridized carbons (Fsp3) is 0.304. The molecule has 1 atom stereocenters. The molecule has 138 valence electrons. The molecule has 0 spiro atoms. The molecule has 4 rings (SSSR count). The summed E-state index contributed by atoms with van der Waals surface area (Å²) in [5.41, 5.74) is 4.21. The van der Waals surface area contributed by atoms with Gasteiger partial charge in [-0.25, -0.2) is 0 Å². The van der Waals surface area contributed by atoms with E-state index in [0.29, 0.717) is 22.1 Å². The number of rotatable bonds is 1. The average Bonchev–Trinajstić information content (AvgIpc) is 2.86. The highest BCUT2D eigenvalue weighted by Gasteiger charge is 2.35. The van der Waals surface area contributed by atoms with Crippen LogP contribution in [0.5, 0.6) is 0 Å². The summed E-state index contributed by atoms with van der Waals surface area (Å²) in [6.07, 6.45) is 2.68. The van der Waals surface area contributed by atoms with E-state index < -0.39 is 0 Å². The molecule has 0 saturated carbocycles. The maximum atomic E-state index is 12.7. The normalized spacial score (nSPS) is 20.6. The van der Waals surface area contributed by atoms with E-state index in [1.165, 1.54) is 5.56 Å². The summed E-state index contributed by atoms with van der Waals surface area (Å²) in [5.74, 6) is -0.0841. The molecular weight excluding hydrogens is 358 g/mol. The van der Waals surface area contributed by atoms with Crippen LogP contribution in [0.25, 0.3) is 6.08 Å². The number of ketones is 2. The lowest BCUT2D eigenvalue weighted by Crippen LogP contribution is -2.45. The molecule has 0 bridgehead atoms. The summed E-state index contributed by atoms with van der Waals surface area (Å²) in [7, 11) is 2.08. The Morgan fingerprint density at radius 1 is 1.11 bits per heavy atom. The second-order valence-electron chi connectivity index (χ2n) is 8.17. The smallest absolute Gasteiger partial charge is 0.197 e. The Morgan fingerprint density at radius 2 is 1.70 bits per heavy atom. The number of anilines is 1. The first-order chi connectivity index (χ1) is 12.7. The van der Waals surface area contributed by atoms with Crippen LogP contribution in [-0.4, -0.2) is 24.2 Å². The Bertz CT molecular complexity index is 982. The number of Topliss-reactive ketones (excluding diaryl/α,β-unsaturated/α-hetero) is 2. The molecule has 0 aromatic heterocycles. The summed E-state index contributed by atoms with van der Waals surface area (Å²) in [6.45, 7) is 6.66. The van der Waals surface area contributed by atoms with Crippen molar-refractivity contribution in [3.63, 3.8) is 0 Å². The van der Waals surface area contributed by atoms with Gasteiger partial charge in [0.1, 0.15) is 0 Å². The third-order valence-electron chi connectivity index (χ3n) is 5.96. The van der Waals surface area contributed by atoms with Crippen molar-refractivity contribution in [2.75, 3.05) is 11.9 Å². The molecule has 27 heavy (non-hydrogen) atoms. The molecule has 3 nitrogen and oxygen atoms in total. The first kappa shape index (κ1) is 18.0. The van der Waals surface area contributed by atoms with Crippen LogP contribution in [0.4, 0.5) is 5.69 Å². The van der Waals surface area contributed by atoms with Crippen LogP contribution < -0.4 is 4.90 Å². The lowest BCUT2D eigenvalue weighted by molar-refractivity contribution is 0.0990. The number of benzene rings is 2. The SMILES string of the molecule is C[C@@H]1CC(C)(C)N(C)c2cc(Cl)c(C=C3C(=O)c4ccccc4C3=O)cc21. The summed E-state index contributed by atoms with van der Waals surface area (Å²) >= 11 is 6.56. The molecule has 2 aromatic carbocycles. The Labute approximate surface area is 164 Å². The van der Waals surface area contributed by atoms with Gasteiger partial charge in [-0.15, -0.1) is 0 Å². The third kappa shape index (κ3) is 2.72. The molecule has 2 aromatic rings. The van der Waals surface area contributed by atoms with E-state index in [-0.39, 0.29) is 22.7 Å². The number of halogens is 1. The van der Waals surface area contributed by atoms with Gasteiger partial charge >= 0.3 is 0 Å². The fourth-order valence-corrected chi connectivity index (χ4v) is 4.49. The topological polar surface area (TPSA) is 37.4 Å². The van der Waals surface area contributed by atoms with Crippen molar-refractivity contribution in [2.24, 2.45) is 0 Å². The van der Waals surface area contributed by atoms with E-state index in [9.17, 15) is 9.59 Å². The molecule has 0 fully saturated rings. The van der Waals surface area contributed by atoms with E-state index in [4.69, 9.17) is 11.6 Å². The average molecular weight is 380 g/mol. The highest BCUT2D eigenvalue weighted by atomic mass is 35.5. The number of hydrogen-bond acceptors (Lipinski definition) is 3. The second-order valence-corrected chi connectivity index (χ2v) is 8.58. The first-order valence-electron chi connectivity index (χ1n) is 9.18. The molecule has 1 aliphatic carbocycles. The molecule has 1 heterocycles. The van der Waals surface area contributed by atoms with Crippen molar-refractivity contribution in [3.05, 3.63) is 69.2 Å². The number of allylic oxidation sites excluding steroid dienone is 1. The standard InChI is InChI=1S/C23H22ClNO2/c1-13-12-23(2,3)25(4)20-11-19(24)14(9-17(13)20)10-18-21(26)15-7-5-6-8-16(15)22(18)27/h5-11,13H,12H2,1-4H3/t13-/m1/s1. The monoisotopic (exact) mass is 379 g/mol. The fourth-order valence-electron chi connectivity index (χ4n) is 4.27. The Morgan fingerprint density at radius 3 is 2.30 bits per heavy atom. The largest absolute Gasteiger partial charge is 0.369 e. The van der Waals surface area contributed by atoms with Crippen molar-refractivity contribution in [3.8, 4) is 0 Å². The van der Waals surface area contributed by atoms with Gasteiger partial charge < -0.3 is 4.90 Å². The zero-order valence-corrected chi connectivity index (χ0v) is 16.7. The minimum atomic E-state index is -0.226. The molecule has 2 aliphatic rings. The Balaban J connectivity index is 1.81. The van der Waals surface area contributed by atoms with Crippen molar-refractivity contribution in [2.45, 2.75) is 38.6 Å². The molecule has 1 aliphatic heterocycles. The highest BCUT2D eigenvalue weighted by molar-refractivity contribution is 6.42. The van der Waals surface area contributed by atoms with Crippen molar-refractivity contribution in [1.82, 2.24) is 0 Å². The van der Waals surface area contributed by atoms with Crippen LogP contribution in [0.15, 0.2) is 42.0 Å². The summed E-state index contributed by atoms with van der Waals surface area (Å²) < 4.78 is 0. The van der Waals surface area contributed by atoms with Crippen molar-refractivity contribution >= 4 is 34.9 Å². The molecule has 4 heteroatoms. The first-order valence-corrected chi connectivity index (χ1v) is 9.56. The van der Waals surface area contributed by atoms with Gasteiger partial charge in [0.25, 0.3) is 0 Å². The molecule has 0 amide bonds. The lowest BCUT2D eigenvalue weighted by atomic mass is 9.80. The number of nitrogens with zero attached hydrogens (tertiary/aromatic N) is 1. The minimum Gasteiger partial charge on any atom is -0.369 e. The summed E-state index contributed by atoms with van der Waals surface area (Å²) in [6, 6.07) is 10.9.